The summed E-state index contributed by atoms with van der Waals surface area (Å²) in [4.78, 5) is 31.9. The van der Waals surface area contributed by atoms with Crippen LogP contribution in [0.3, 0.4) is 0 Å². The van der Waals surface area contributed by atoms with Crippen LogP contribution in [0, 0.1) is 0 Å². The van der Waals surface area contributed by atoms with Gasteiger partial charge in [-0.1, -0.05) is 30.3 Å². The van der Waals surface area contributed by atoms with E-state index in [1.54, 1.807) is 30.9 Å². The van der Waals surface area contributed by atoms with E-state index in [0.717, 1.165) is 22.3 Å². The number of hydrogen-bond donors (Lipinski definition) is 0. The molecule has 8 nitrogen and oxygen atoms in total. The summed E-state index contributed by atoms with van der Waals surface area (Å²) in [5, 5.41) is 0. The van der Waals surface area contributed by atoms with E-state index in [4.69, 9.17) is 15.0 Å². The van der Waals surface area contributed by atoms with Crippen molar-refractivity contribution in [1.29, 1.82) is 0 Å². The normalized spacial score (nSPS) is 11.0. The van der Waals surface area contributed by atoms with E-state index < -0.39 is 0 Å². The van der Waals surface area contributed by atoms with Crippen molar-refractivity contribution in [3.63, 3.8) is 0 Å². The van der Waals surface area contributed by atoms with E-state index in [1.807, 2.05) is 71.3 Å². The molecule has 4 aromatic heterocycles. The number of aromatic nitrogens is 8. The van der Waals surface area contributed by atoms with Crippen molar-refractivity contribution in [3.8, 4) is 40.4 Å². The Labute approximate surface area is 188 Å². The lowest BCUT2D eigenvalue weighted by Crippen LogP contribution is -2.06. The molecule has 0 saturated heterocycles. The molecule has 0 atom stereocenters. The molecule has 0 fully saturated rings. The number of para-hydroxylation sites is 3. The minimum Gasteiger partial charge on any atom is -0.290 e. The second kappa shape index (κ2) is 8.01. The second-order valence-electron chi connectivity index (χ2n) is 7.22. The summed E-state index contributed by atoms with van der Waals surface area (Å²) < 4.78 is 2.05. The first-order valence-electron chi connectivity index (χ1n) is 10.3. The van der Waals surface area contributed by atoms with Crippen LogP contribution >= 0.6 is 0 Å². The lowest BCUT2D eigenvalue weighted by Gasteiger charge is -2.10. The fourth-order valence-electron chi connectivity index (χ4n) is 3.63. The van der Waals surface area contributed by atoms with Crippen LogP contribution in [-0.2, 0) is 0 Å². The Morgan fingerprint density at radius 1 is 0.545 bits per heavy atom. The quantitative estimate of drug-likeness (QED) is 0.411. The molecule has 0 aliphatic rings. The third-order valence-electron chi connectivity index (χ3n) is 5.10. The maximum absolute atomic E-state index is 4.88. The number of pyridine rings is 1. The van der Waals surface area contributed by atoms with Crippen LogP contribution in [-0.4, -0.2) is 39.5 Å². The van der Waals surface area contributed by atoms with E-state index in [9.17, 15) is 0 Å². The topological polar surface area (TPSA) is 95.2 Å². The monoisotopic (exact) mass is 428 g/mol. The summed E-state index contributed by atoms with van der Waals surface area (Å²) in [5.41, 5.74) is 3.53. The Morgan fingerprint density at radius 3 is 2.12 bits per heavy atom. The van der Waals surface area contributed by atoms with Crippen molar-refractivity contribution in [3.05, 3.63) is 97.6 Å². The molecular weight excluding hydrogens is 412 g/mol. The number of nitrogens with zero attached hydrogens (tertiary/aromatic N) is 8. The summed E-state index contributed by atoms with van der Waals surface area (Å²) in [7, 11) is 0. The molecule has 0 amide bonds. The molecule has 0 radical (unpaired) electrons. The van der Waals surface area contributed by atoms with Crippen LogP contribution in [0.1, 0.15) is 0 Å². The first-order chi connectivity index (χ1) is 16.4. The van der Waals surface area contributed by atoms with Gasteiger partial charge in [-0.3, -0.25) is 9.55 Å². The van der Waals surface area contributed by atoms with Gasteiger partial charge < -0.3 is 0 Å². The van der Waals surface area contributed by atoms with Crippen LogP contribution in [0.25, 0.3) is 51.4 Å². The maximum atomic E-state index is 4.88. The van der Waals surface area contributed by atoms with Crippen molar-refractivity contribution in [2.45, 2.75) is 0 Å². The molecule has 0 unspecified atom stereocenters. The van der Waals surface area contributed by atoms with Gasteiger partial charge in [0.05, 0.1) is 11.0 Å². The van der Waals surface area contributed by atoms with Crippen molar-refractivity contribution < 1.29 is 0 Å². The molecule has 0 saturated carbocycles. The minimum absolute atomic E-state index is 0.367. The molecule has 33 heavy (non-hydrogen) atoms. The predicted molar refractivity (Wildman–Crippen MR) is 124 cm³/mol. The number of fused-ring (bicyclic) bond motifs is 1. The second-order valence-corrected chi connectivity index (χ2v) is 7.22. The molecule has 0 aliphatic carbocycles. The lowest BCUT2D eigenvalue weighted by atomic mass is 10.2. The van der Waals surface area contributed by atoms with Crippen LogP contribution in [0.4, 0.5) is 0 Å². The van der Waals surface area contributed by atoms with Crippen LogP contribution in [0.15, 0.2) is 97.6 Å². The minimum atomic E-state index is 0.367. The van der Waals surface area contributed by atoms with Crippen LogP contribution in [0.5, 0.6) is 0 Å². The van der Waals surface area contributed by atoms with Crippen molar-refractivity contribution in [1.82, 2.24) is 39.5 Å². The highest BCUT2D eigenvalue weighted by molar-refractivity contribution is 5.82. The number of imidazole rings is 1. The molecule has 8 heteroatoms. The molecule has 156 valence electrons. The largest absolute Gasteiger partial charge is 0.290 e. The van der Waals surface area contributed by atoms with Crippen molar-refractivity contribution in [2.75, 3.05) is 0 Å². The first kappa shape index (κ1) is 18.9. The summed E-state index contributed by atoms with van der Waals surface area (Å²) in [5.74, 6) is 2.28. The fraction of sp³-hybridized carbons (Fsp3) is 0. The Morgan fingerprint density at radius 2 is 1.30 bits per heavy atom. The molecule has 0 spiro atoms. The van der Waals surface area contributed by atoms with E-state index in [2.05, 4.69) is 19.9 Å². The predicted octanol–water partition coefficient (Wildman–Crippen LogP) is 4.40. The van der Waals surface area contributed by atoms with Gasteiger partial charge in [-0.15, -0.1) is 0 Å². The Hall–Kier alpha value is -4.85. The van der Waals surface area contributed by atoms with Gasteiger partial charge >= 0.3 is 0 Å². The average Bonchev–Trinajstić information content (AvgIpc) is 3.30. The summed E-state index contributed by atoms with van der Waals surface area (Å²) in [6.07, 6.45) is 6.75. The zero-order valence-electron chi connectivity index (χ0n) is 17.3. The molecule has 2 aromatic carbocycles. The van der Waals surface area contributed by atoms with Gasteiger partial charge in [0, 0.05) is 36.0 Å². The maximum Gasteiger partial charge on any atom is 0.201 e. The standard InChI is InChI=1S/C25H16N8/c1-2-9-18(10-3-1)33-20-12-5-4-11-19(20)29-25(33)24-31-21(17-8-6-13-26-16-17)30-23(32-24)22-27-14-7-15-28-22/h1-16H. The SMILES string of the molecule is c1ccc(-n2c(-c3nc(-c4cccnc4)nc(-c4ncccn4)n3)nc3ccccc32)cc1. The first-order valence-corrected chi connectivity index (χ1v) is 10.3. The molecule has 0 aliphatic heterocycles. The van der Waals surface area contributed by atoms with E-state index in [1.165, 1.54) is 0 Å². The molecule has 6 aromatic rings. The Bertz CT molecular complexity index is 1490. The number of rotatable bonds is 4. The summed E-state index contributed by atoms with van der Waals surface area (Å²) in [6, 6.07) is 23.5. The van der Waals surface area contributed by atoms with Crippen molar-refractivity contribution >= 4 is 11.0 Å². The van der Waals surface area contributed by atoms with Gasteiger partial charge in [0.15, 0.2) is 17.5 Å². The van der Waals surface area contributed by atoms with E-state index in [-0.39, 0.29) is 0 Å². The molecule has 4 heterocycles. The Balaban J connectivity index is 1.65. The number of benzene rings is 2. The van der Waals surface area contributed by atoms with Gasteiger partial charge in [0.25, 0.3) is 0 Å². The third-order valence-corrected chi connectivity index (χ3v) is 5.10. The highest BCUT2D eigenvalue weighted by Gasteiger charge is 2.20. The zero-order valence-corrected chi connectivity index (χ0v) is 17.3. The Kier molecular flexibility index (Phi) is 4.58. The molecule has 0 N–H and O–H groups in total. The number of hydrogen-bond acceptors (Lipinski definition) is 7. The highest BCUT2D eigenvalue weighted by atomic mass is 15.2. The van der Waals surface area contributed by atoms with Crippen LogP contribution in [0.2, 0.25) is 0 Å². The summed E-state index contributed by atoms with van der Waals surface area (Å²) in [6.45, 7) is 0. The average molecular weight is 428 g/mol. The zero-order chi connectivity index (χ0) is 22.0. The van der Waals surface area contributed by atoms with E-state index in [0.29, 0.717) is 29.1 Å². The van der Waals surface area contributed by atoms with Gasteiger partial charge in [-0.2, -0.15) is 0 Å². The molecule has 6 rings (SSSR count). The van der Waals surface area contributed by atoms with Gasteiger partial charge in [0.1, 0.15) is 0 Å². The summed E-state index contributed by atoms with van der Waals surface area (Å²) >= 11 is 0. The molecule has 0 bridgehead atoms. The third kappa shape index (κ3) is 3.49. The van der Waals surface area contributed by atoms with E-state index >= 15 is 0 Å². The van der Waals surface area contributed by atoms with Crippen molar-refractivity contribution in [2.24, 2.45) is 0 Å². The fourth-order valence-corrected chi connectivity index (χ4v) is 3.63. The smallest absolute Gasteiger partial charge is 0.201 e. The van der Waals surface area contributed by atoms with Gasteiger partial charge in [-0.25, -0.2) is 29.9 Å². The van der Waals surface area contributed by atoms with Gasteiger partial charge in [-0.05, 0) is 42.5 Å². The molecular formula is C25H16N8. The highest BCUT2D eigenvalue weighted by Crippen LogP contribution is 2.28. The van der Waals surface area contributed by atoms with Crippen LogP contribution < -0.4 is 0 Å². The lowest BCUT2D eigenvalue weighted by molar-refractivity contribution is 0.989. The van der Waals surface area contributed by atoms with Gasteiger partial charge in [0.2, 0.25) is 11.6 Å².